The Labute approximate surface area is 234 Å². The molecule has 0 saturated carbocycles. The Kier molecular flexibility index (Phi) is 9.15. The highest BCUT2D eigenvalue weighted by Gasteiger charge is 2.38. The first kappa shape index (κ1) is 28.5. The summed E-state index contributed by atoms with van der Waals surface area (Å²) < 4.78 is 1.70. The molecule has 3 atom stereocenters. The zero-order chi connectivity index (χ0) is 28.1. The van der Waals surface area contributed by atoms with E-state index in [-0.39, 0.29) is 53.4 Å². The number of hydrogen-bond acceptors (Lipinski definition) is 8. The number of nitrogens with two attached hydrogens (primary N) is 3. The summed E-state index contributed by atoms with van der Waals surface area (Å²) in [6, 6.07) is 2.84. The standard InChI is InChI=1S/C25H32ClN9O3S/c1-30-22(37)14(4-2-3-7-31-25(28)29)8-20(36)18-13-39-23(33-18)19-9-16(27)11-35(19)24(38)17-12-34-10-15(26)5-6-21(34)32-17/h5-6,10,12-14,16,19H,2-4,7-9,11,27H2,1H3,(H,30,37)(H4,28,29,31)/t14-,16-,19+/m0/s1. The fourth-order valence-electron chi connectivity index (χ4n) is 4.68. The van der Waals surface area contributed by atoms with Gasteiger partial charge in [-0.1, -0.05) is 18.0 Å². The van der Waals surface area contributed by atoms with E-state index in [1.54, 1.807) is 46.3 Å². The maximum Gasteiger partial charge on any atom is 0.274 e. The number of imidazole rings is 1. The lowest BCUT2D eigenvalue weighted by atomic mass is 9.94. The average Bonchev–Trinajstić information content (AvgIpc) is 3.64. The van der Waals surface area contributed by atoms with Crippen molar-refractivity contribution >= 4 is 52.1 Å². The highest BCUT2D eigenvalue weighted by Crippen LogP contribution is 2.35. The normalized spacial score (nSPS) is 17.8. The van der Waals surface area contributed by atoms with Crippen molar-refractivity contribution in [3.8, 4) is 0 Å². The van der Waals surface area contributed by atoms with Gasteiger partial charge < -0.3 is 31.8 Å². The molecule has 3 aromatic heterocycles. The van der Waals surface area contributed by atoms with Crippen LogP contribution in [0.3, 0.4) is 0 Å². The van der Waals surface area contributed by atoms with E-state index in [2.05, 4.69) is 20.3 Å². The Bertz CT molecular complexity index is 1380. The average molecular weight is 574 g/mol. The predicted octanol–water partition coefficient (Wildman–Crippen LogP) is 1.74. The summed E-state index contributed by atoms with van der Waals surface area (Å²) in [4.78, 5) is 53.5. The van der Waals surface area contributed by atoms with Crippen LogP contribution in [0.25, 0.3) is 5.65 Å². The summed E-state index contributed by atoms with van der Waals surface area (Å²) in [5, 5.41) is 5.47. The summed E-state index contributed by atoms with van der Waals surface area (Å²) in [5.74, 6) is -1.16. The number of likely N-dealkylation sites (tertiary alicyclic amines) is 1. The monoisotopic (exact) mass is 573 g/mol. The van der Waals surface area contributed by atoms with Gasteiger partial charge in [-0.05, 0) is 31.4 Å². The number of aromatic nitrogens is 3. The van der Waals surface area contributed by atoms with Crippen molar-refractivity contribution in [2.75, 3.05) is 20.1 Å². The molecule has 0 unspecified atom stereocenters. The number of fused-ring (bicyclic) bond motifs is 1. The second-order valence-corrected chi connectivity index (χ2v) is 10.8. The van der Waals surface area contributed by atoms with Gasteiger partial charge in [-0.25, -0.2) is 9.97 Å². The molecule has 208 valence electrons. The van der Waals surface area contributed by atoms with Crippen LogP contribution in [0, 0.1) is 5.92 Å². The van der Waals surface area contributed by atoms with Crippen LogP contribution in [0.1, 0.15) is 64.1 Å². The molecule has 12 nitrogen and oxygen atoms in total. The number of rotatable bonds is 11. The summed E-state index contributed by atoms with van der Waals surface area (Å²) in [5.41, 5.74) is 18.1. The number of pyridine rings is 1. The van der Waals surface area contributed by atoms with Gasteiger partial charge in [0, 0.05) is 56.3 Å². The molecule has 0 aliphatic carbocycles. The van der Waals surface area contributed by atoms with Gasteiger partial charge in [0.15, 0.2) is 11.7 Å². The number of amides is 2. The van der Waals surface area contributed by atoms with E-state index in [1.807, 2.05) is 0 Å². The van der Waals surface area contributed by atoms with E-state index >= 15 is 0 Å². The van der Waals surface area contributed by atoms with Gasteiger partial charge in [0.1, 0.15) is 22.0 Å². The summed E-state index contributed by atoms with van der Waals surface area (Å²) >= 11 is 7.37. The number of thiazole rings is 1. The molecule has 4 heterocycles. The molecule has 0 aromatic carbocycles. The largest absolute Gasteiger partial charge is 0.370 e. The van der Waals surface area contributed by atoms with E-state index in [9.17, 15) is 14.4 Å². The lowest BCUT2D eigenvalue weighted by molar-refractivity contribution is -0.124. The van der Waals surface area contributed by atoms with Crippen molar-refractivity contribution in [2.45, 2.75) is 44.2 Å². The number of guanidine groups is 1. The zero-order valence-electron chi connectivity index (χ0n) is 21.5. The number of nitrogens with zero attached hydrogens (tertiary/aromatic N) is 5. The van der Waals surface area contributed by atoms with Crippen molar-refractivity contribution in [3.63, 3.8) is 0 Å². The number of hydrogen-bond donors (Lipinski definition) is 4. The minimum atomic E-state index is -0.492. The number of unbranched alkanes of at least 4 members (excludes halogenated alkanes) is 1. The second-order valence-electron chi connectivity index (χ2n) is 9.52. The van der Waals surface area contributed by atoms with Gasteiger partial charge in [0.05, 0.1) is 11.1 Å². The third kappa shape index (κ3) is 6.91. The maximum atomic E-state index is 13.4. The van der Waals surface area contributed by atoms with Crippen LogP contribution in [-0.4, -0.2) is 69.0 Å². The first-order chi connectivity index (χ1) is 18.7. The molecular formula is C25H32ClN9O3S. The van der Waals surface area contributed by atoms with Crippen molar-refractivity contribution in [1.29, 1.82) is 0 Å². The van der Waals surface area contributed by atoms with Gasteiger partial charge in [-0.2, -0.15) is 0 Å². The quantitative estimate of drug-likeness (QED) is 0.115. The minimum absolute atomic E-state index is 0.0270. The van der Waals surface area contributed by atoms with E-state index < -0.39 is 5.92 Å². The molecule has 39 heavy (non-hydrogen) atoms. The lowest BCUT2D eigenvalue weighted by Gasteiger charge is -2.21. The van der Waals surface area contributed by atoms with Crippen molar-refractivity contribution < 1.29 is 14.4 Å². The lowest BCUT2D eigenvalue weighted by Crippen LogP contribution is -2.33. The van der Waals surface area contributed by atoms with Crippen LogP contribution < -0.4 is 22.5 Å². The van der Waals surface area contributed by atoms with Crippen LogP contribution >= 0.6 is 22.9 Å². The smallest absolute Gasteiger partial charge is 0.274 e. The summed E-state index contributed by atoms with van der Waals surface area (Å²) in [6.07, 6.45) is 5.78. The van der Waals surface area contributed by atoms with Crippen LogP contribution in [0.2, 0.25) is 5.02 Å². The first-order valence-corrected chi connectivity index (χ1v) is 13.9. The molecule has 14 heteroatoms. The topological polar surface area (TPSA) is 187 Å². The molecule has 0 bridgehead atoms. The van der Waals surface area contributed by atoms with Crippen molar-refractivity contribution in [1.82, 2.24) is 24.6 Å². The van der Waals surface area contributed by atoms with Crippen LogP contribution in [0.15, 0.2) is 34.9 Å². The number of carbonyl (C=O) groups is 3. The summed E-state index contributed by atoms with van der Waals surface area (Å²) in [6.45, 7) is 0.813. The molecule has 3 aromatic rings. The second kappa shape index (κ2) is 12.5. The Morgan fingerprint density at radius 2 is 2.00 bits per heavy atom. The van der Waals surface area contributed by atoms with E-state index in [1.165, 1.54) is 11.3 Å². The Morgan fingerprint density at radius 1 is 1.21 bits per heavy atom. The molecule has 0 spiro atoms. The van der Waals surface area contributed by atoms with Gasteiger partial charge in [-0.3, -0.25) is 19.4 Å². The van der Waals surface area contributed by atoms with Crippen molar-refractivity contribution in [2.24, 2.45) is 28.1 Å². The number of ketones is 1. The maximum absolute atomic E-state index is 13.4. The third-order valence-electron chi connectivity index (χ3n) is 6.63. The molecule has 0 radical (unpaired) electrons. The SMILES string of the molecule is CNC(=O)[C@@H](CCCCN=C(N)N)CC(=O)c1csc([C@H]2C[C@H](N)CN2C(=O)c2cn3cc(Cl)ccc3n2)n1. The van der Waals surface area contributed by atoms with Gasteiger partial charge in [0.25, 0.3) is 5.91 Å². The molecule has 1 fully saturated rings. The molecule has 4 rings (SSSR count). The number of carbonyl (C=O) groups excluding carboxylic acids is 3. The van der Waals surface area contributed by atoms with Crippen LogP contribution in [0.4, 0.5) is 0 Å². The van der Waals surface area contributed by atoms with Gasteiger partial charge in [-0.15, -0.1) is 11.3 Å². The molecule has 7 N–H and O–H groups in total. The van der Waals surface area contributed by atoms with Crippen LogP contribution in [-0.2, 0) is 4.79 Å². The highest BCUT2D eigenvalue weighted by molar-refractivity contribution is 7.09. The van der Waals surface area contributed by atoms with Gasteiger partial charge in [0.2, 0.25) is 5.91 Å². The molecule has 1 saturated heterocycles. The zero-order valence-corrected chi connectivity index (χ0v) is 23.1. The molecule has 2 amide bonds. The number of halogens is 1. The minimum Gasteiger partial charge on any atom is -0.370 e. The Hall–Kier alpha value is -3.55. The Balaban J connectivity index is 1.44. The first-order valence-electron chi connectivity index (χ1n) is 12.6. The molecular weight excluding hydrogens is 542 g/mol. The number of aliphatic imine (C=N–C) groups is 1. The van der Waals surface area contributed by atoms with Crippen molar-refractivity contribution in [3.05, 3.63) is 51.3 Å². The number of nitrogens with one attached hydrogen (secondary N) is 1. The van der Waals surface area contributed by atoms with E-state index in [4.69, 9.17) is 28.8 Å². The Morgan fingerprint density at radius 3 is 2.74 bits per heavy atom. The molecule has 1 aliphatic heterocycles. The van der Waals surface area contributed by atoms with Crippen LogP contribution in [0.5, 0.6) is 0 Å². The fraction of sp³-hybridized carbons (Fsp3) is 0.440. The predicted molar refractivity (Wildman–Crippen MR) is 150 cm³/mol. The molecule has 1 aliphatic rings. The number of Topliss-reactive ketones (excluding diaryl/α,β-unsaturated/α-hetero) is 1. The van der Waals surface area contributed by atoms with Gasteiger partial charge >= 0.3 is 0 Å². The highest BCUT2D eigenvalue weighted by atomic mass is 35.5. The fourth-order valence-corrected chi connectivity index (χ4v) is 5.80. The van der Waals surface area contributed by atoms with E-state index in [0.717, 1.165) is 0 Å². The van der Waals surface area contributed by atoms with E-state index in [0.29, 0.717) is 54.5 Å². The third-order valence-corrected chi connectivity index (χ3v) is 7.79. The summed E-state index contributed by atoms with van der Waals surface area (Å²) in [7, 11) is 1.55.